The molecule has 38 heavy (non-hydrogen) atoms. The fourth-order valence-corrected chi connectivity index (χ4v) is 5.32. The van der Waals surface area contributed by atoms with Crippen LogP contribution in [0.4, 0.5) is 0 Å². The summed E-state index contributed by atoms with van der Waals surface area (Å²) in [6.45, 7) is 0. The molecule has 1 heteroatoms. The number of hydrogen-bond acceptors (Lipinski definition) is 0. The Bertz CT molecular complexity index is 1580. The summed E-state index contributed by atoms with van der Waals surface area (Å²) in [5, 5.41) is 5.39. The molecule has 180 valence electrons. The Morgan fingerprint density at radius 2 is 1.00 bits per heavy atom. The number of allylic oxidation sites excluding steroid dienone is 4. The quantitative estimate of drug-likeness (QED) is 0.188. The molecule has 0 amide bonds. The van der Waals surface area contributed by atoms with Crippen molar-refractivity contribution in [3.63, 3.8) is 0 Å². The topological polar surface area (TPSA) is 0 Å². The van der Waals surface area contributed by atoms with Gasteiger partial charge in [-0.1, -0.05) is 61.0 Å². The van der Waals surface area contributed by atoms with Gasteiger partial charge in [0, 0.05) is 0 Å². The fraction of sp³-hybridized carbons (Fsp3) is 0.0270. The van der Waals surface area contributed by atoms with Gasteiger partial charge in [-0.3, -0.25) is 0 Å². The molecule has 0 aliphatic heterocycles. The predicted molar refractivity (Wildman–Crippen MR) is 160 cm³/mol. The third-order valence-electron chi connectivity index (χ3n) is 6.43. The van der Waals surface area contributed by atoms with E-state index in [0.29, 0.717) is 0 Å². The van der Waals surface area contributed by atoms with Crippen LogP contribution in [0.2, 0.25) is 0 Å². The second-order valence-corrected chi connectivity index (χ2v) is 10.2. The molecule has 0 saturated heterocycles. The minimum absolute atomic E-state index is 0.963. The van der Waals surface area contributed by atoms with E-state index in [9.17, 15) is 0 Å². The Morgan fingerprint density at radius 3 is 1.47 bits per heavy atom. The molecule has 6 aromatic carbocycles. The number of fused-ring (bicyclic) bond motifs is 3. The number of hydrogen-bond donors (Lipinski definition) is 0. The van der Waals surface area contributed by atoms with Crippen LogP contribution < -0.4 is 0 Å². The van der Waals surface area contributed by atoms with Gasteiger partial charge in [-0.25, -0.2) is 0 Å². The summed E-state index contributed by atoms with van der Waals surface area (Å²) in [6.07, 6.45) is 8.49. The molecular formula is C37H28Zr. The van der Waals surface area contributed by atoms with Gasteiger partial charge in [0.25, 0.3) is 0 Å². The van der Waals surface area contributed by atoms with E-state index in [1.807, 2.05) is 6.07 Å². The van der Waals surface area contributed by atoms with Gasteiger partial charge in [-0.05, 0) is 0 Å². The molecule has 7 rings (SSSR count). The Morgan fingerprint density at radius 1 is 0.553 bits per heavy atom. The zero-order valence-corrected chi connectivity index (χ0v) is 23.7. The molecule has 0 saturated carbocycles. The molecule has 1 aliphatic rings. The zero-order chi connectivity index (χ0) is 26.0. The molecule has 0 N–H and O–H groups in total. The predicted octanol–water partition coefficient (Wildman–Crippen LogP) is 9.35. The van der Waals surface area contributed by atoms with Crippen molar-refractivity contribution < 1.29 is 24.2 Å². The van der Waals surface area contributed by atoms with Crippen molar-refractivity contribution >= 4 is 30.3 Å². The van der Waals surface area contributed by atoms with Crippen LogP contribution in [0.1, 0.15) is 23.1 Å². The smallest absolute Gasteiger partial charge is 0.0771 e. The Kier molecular flexibility index (Phi) is 8.93. The summed E-state index contributed by atoms with van der Waals surface area (Å²) >= 11 is 1.46. The summed E-state index contributed by atoms with van der Waals surface area (Å²) in [5.74, 6) is 0. The fourth-order valence-electron chi connectivity index (χ4n) is 4.50. The third-order valence-corrected chi connectivity index (χ3v) is 7.85. The van der Waals surface area contributed by atoms with E-state index >= 15 is 0 Å². The van der Waals surface area contributed by atoms with E-state index in [1.165, 1.54) is 71.2 Å². The van der Waals surface area contributed by atoms with Crippen LogP contribution in [0, 0.1) is 6.08 Å². The van der Waals surface area contributed by atoms with Gasteiger partial charge in [0.1, 0.15) is 0 Å². The molecule has 0 atom stereocenters. The van der Waals surface area contributed by atoms with Crippen LogP contribution >= 0.6 is 0 Å². The van der Waals surface area contributed by atoms with Gasteiger partial charge < -0.3 is 0 Å². The average molecular weight is 564 g/mol. The molecule has 1 aliphatic carbocycles. The zero-order valence-electron chi connectivity index (χ0n) is 21.2. The molecule has 0 radical (unpaired) electrons. The normalized spacial score (nSPS) is 11.8. The van der Waals surface area contributed by atoms with E-state index < -0.39 is 0 Å². The summed E-state index contributed by atoms with van der Waals surface area (Å²) in [5.41, 5.74) is 5.15. The van der Waals surface area contributed by atoms with Gasteiger partial charge in [-0.2, -0.15) is 17.7 Å². The number of benzene rings is 5. The SMILES string of the molecule is [C-]1=C(c2ccccc2)C=CC1.[Zr+2]=[C](c1ccccc1)c1ccccc1.c1ccc2c(c1)[cH-]c1ccccc12. The van der Waals surface area contributed by atoms with Gasteiger partial charge in [0.15, 0.2) is 0 Å². The van der Waals surface area contributed by atoms with Crippen molar-refractivity contribution in [2.45, 2.75) is 6.42 Å². The van der Waals surface area contributed by atoms with Crippen molar-refractivity contribution in [1.29, 1.82) is 0 Å². The molecule has 0 bridgehead atoms. The van der Waals surface area contributed by atoms with Crippen LogP contribution in [0.25, 0.3) is 27.1 Å². The van der Waals surface area contributed by atoms with E-state index in [-0.39, 0.29) is 0 Å². The van der Waals surface area contributed by atoms with Crippen molar-refractivity contribution in [3.8, 4) is 0 Å². The second-order valence-electron chi connectivity index (χ2n) is 8.99. The molecule has 0 heterocycles. The van der Waals surface area contributed by atoms with Gasteiger partial charge in [0.2, 0.25) is 0 Å². The van der Waals surface area contributed by atoms with E-state index in [0.717, 1.165) is 6.42 Å². The first kappa shape index (κ1) is 25.8. The van der Waals surface area contributed by atoms with Crippen molar-refractivity contribution in [2.75, 3.05) is 0 Å². The van der Waals surface area contributed by atoms with Crippen LogP contribution in [-0.4, -0.2) is 3.21 Å². The van der Waals surface area contributed by atoms with Crippen LogP contribution in [0.3, 0.4) is 0 Å². The number of rotatable bonds is 3. The monoisotopic (exact) mass is 562 g/mol. The summed E-state index contributed by atoms with van der Waals surface area (Å²) in [4.78, 5) is 0. The maximum absolute atomic E-state index is 3.28. The first-order chi connectivity index (χ1) is 18.8. The molecule has 0 aromatic heterocycles. The Balaban J connectivity index is 0.000000117. The Labute approximate surface area is 240 Å². The van der Waals surface area contributed by atoms with Crippen molar-refractivity contribution in [3.05, 3.63) is 181 Å². The standard InChI is InChI=1S/C13H9.C13H10.C11H9.Zr/c1-3-7-12-10(5-1)9-11-6-2-4-8-13(11)12;1-3-7-12(8-4-1)11-13-9-5-2-6-10-13;1-2-6-10(7-3-1)11-8-4-5-9-11;/h1-9H;1-10H;1-4,6-8H,5H2;/q-1;;-1;+2. The Hall–Kier alpha value is -3.80. The summed E-state index contributed by atoms with van der Waals surface area (Å²) in [7, 11) is 0. The first-order valence-electron chi connectivity index (χ1n) is 12.8. The van der Waals surface area contributed by atoms with Crippen molar-refractivity contribution in [1.82, 2.24) is 0 Å². The van der Waals surface area contributed by atoms with Crippen LogP contribution in [0.15, 0.2) is 158 Å². The third kappa shape index (κ3) is 6.55. The van der Waals surface area contributed by atoms with Crippen molar-refractivity contribution in [2.24, 2.45) is 0 Å². The first-order valence-corrected chi connectivity index (χ1v) is 14.1. The molecule has 0 fully saturated rings. The summed E-state index contributed by atoms with van der Waals surface area (Å²) in [6, 6.07) is 50.7. The molecule has 0 unspecified atom stereocenters. The molecule has 0 spiro atoms. The molecule has 0 nitrogen and oxygen atoms in total. The minimum Gasteiger partial charge on any atom is -0.126 e. The average Bonchev–Trinajstić information content (AvgIpc) is 3.68. The molecular weight excluding hydrogens is 536 g/mol. The largest absolute Gasteiger partial charge is 0.126 e. The van der Waals surface area contributed by atoms with Gasteiger partial charge in [0.05, 0.1) is 0 Å². The van der Waals surface area contributed by atoms with Crippen LogP contribution in [0.5, 0.6) is 0 Å². The summed E-state index contributed by atoms with van der Waals surface area (Å²) < 4.78 is 1.42. The van der Waals surface area contributed by atoms with E-state index in [1.54, 1.807) is 0 Å². The second kappa shape index (κ2) is 13.1. The van der Waals surface area contributed by atoms with E-state index in [2.05, 4.69) is 158 Å². The minimum atomic E-state index is 0.963. The van der Waals surface area contributed by atoms with Gasteiger partial charge in [-0.15, -0.1) is 63.5 Å². The van der Waals surface area contributed by atoms with Crippen LogP contribution in [-0.2, 0) is 24.2 Å². The maximum Gasteiger partial charge on any atom is -0.0771 e. The molecule has 6 aromatic rings. The van der Waals surface area contributed by atoms with E-state index in [4.69, 9.17) is 0 Å². The maximum atomic E-state index is 3.28. The van der Waals surface area contributed by atoms with Gasteiger partial charge >= 0.3 is 99.2 Å².